The van der Waals surface area contributed by atoms with Gasteiger partial charge in [0.05, 0.1) is 30.2 Å². The number of aliphatic imine (C=N–C) groups is 2. The van der Waals surface area contributed by atoms with Crippen molar-refractivity contribution in [1.29, 1.82) is 0 Å². The van der Waals surface area contributed by atoms with E-state index in [0.717, 1.165) is 33.4 Å². The molecule has 1 amide bonds. The van der Waals surface area contributed by atoms with Gasteiger partial charge in [-0.2, -0.15) is 9.47 Å². The van der Waals surface area contributed by atoms with E-state index < -0.39 is 6.09 Å². The van der Waals surface area contributed by atoms with E-state index >= 15 is 0 Å². The number of benzene rings is 1. The van der Waals surface area contributed by atoms with Gasteiger partial charge >= 0.3 is 6.09 Å². The maximum atomic E-state index is 12.2. The van der Waals surface area contributed by atoms with Gasteiger partial charge in [-0.1, -0.05) is 36.8 Å². The van der Waals surface area contributed by atoms with Crippen LogP contribution in [0.3, 0.4) is 0 Å². The summed E-state index contributed by atoms with van der Waals surface area (Å²) in [6.45, 7) is 1.26. The Labute approximate surface area is 225 Å². The number of aryl methyl sites for hydroxylation is 1. The number of nitrogens with one attached hydrogen (secondary N) is 2. The molecule has 2 aromatic heterocycles. The second-order valence-corrected chi connectivity index (χ2v) is 10.5. The maximum Gasteiger partial charge on any atom is 0.407 e. The van der Waals surface area contributed by atoms with Gasteiger partial charge in [0.15, 0.2) is 11.7 Å². The van der Waals surface area contributed by atoms with Gasteiger partial charge in [0, 0.05) is 43.9 Å². The van der Waals surface area contributed by atoms with Crippen LogP contribution in [0.1, 0.15) is 54.5 Å². The van der Waals surface area contributed by atoms with Crippen molar-refractivity contribution in [1.82, 2.24) is 24.4 Å². The minimum Gasteiger partial charge on any atom is -0.445 e. The largest absolute Gasteiger partial charge is 0.445 e. The highest BCUT2D eigenvalue weighted by atomic mass is 32.1. The summed E-state index contributed by atoms with van der Waals surface area (Å²) in [5.41, 5.74) is 4.04. The van der Waals surface area contributed by atoms with Crippen molar-refractivity contribution in [3.8, 4) is 0 Å². The molecule has 1 aliphatic carbocycles. The smallest absolute Gasteiger partial charge is 0.407 e. The normalized spacial score (nSPS) is 18.7. The third-order valence-electron chi connectivity index (χ3n) is 7.02. The van der Waals surface area contributed by atoms with Crippen molar-refractivity contribution in [3.05, 3.63) is 77.5 Å². The quantitative estimate of drug-likeness (QED) is 0.441. The van der Waals surface area contributed by atoms with Crippen LogP contribution in [-0.2, 0) is 18.4 Å². The molecule has 0 bridgehead atoms. The molecule has 1 saturated carbocycles. The van der Waals surface area contributed by atoms with E-state index in [1.165, 1.54) is 30.8 Å². The number of hydrogen-bond donors (Lipinski definition) is 2. The molecule has 1 atom stereocenters. The Hall–Kier alpha value is -3.99. The number of anilines is 1. The summed E-state index contributed by atoms with van der Waals surface area (Å²) in [7, 11) is 1.91. The molecular formula is C27H30N8O2S. The lowest BCUT2D eigenvalue weighted by Crippen LogP contribution is -2.38. The second kappa shape index (κ2) is 10.8. The first-order valence-electron chi connectivity index (χ1n) is 12.9. The predicted molar refractivity (Wildman–Crippen MR) is 147 cm³/mol. The average molecular weight is 531 g/mol. The summed E-state index contributed by atoms with van der Waals surface area (Å²) < 4.78 is 11.8. The summed E-state index contributed by atoms with van der Waals surface area (Å²) >= 11 is 1.46. The van der Waals surface area contributed by atoms with Gasteiger partial charge in [-0.15, -0.1) is 0 Å². The minimum absolute atomic E-state index is 0.0387. The van der Waals surface area contributed by atoms with E-state index in [0.29, 0.717) is 31.3 Å². The molecule has 2 N–H and O–H groups in total. The Morgan fingerprint density at radius 3 is 2.87 bits per heavy atom. The van der Waals surface area contributed by atoms with Crippen LogP contribution in [-0.4, -0.2) is 49.9 Å². The number of amidine groups is 2. The van der Waals surface area contributed by atoms with Gasteiger partial charge in [0.25, 0.3) is 0 Å². The van der Waals surface area contributed by atoms with Crippen molar-refractivity contribution in [2.24, 2.45) is 17.0 Å². The van der Waals surface area contributed by atoms with Crippen LogP contribution in [0.25, 0.3) is 0 Å². The van der Waals surface area contributed by atoms with Crippen molar-refractivity contribution in [3.63, 3.8) is 0 Å². The number of nitrogens with zero attached hydrogens (tertiary/aromatic N) is 6. The van der Waals surface area contributed by atoms with E-state index in [4.69, 9.17) is 14.7 Å². The number of aromatic nitrogens is 3. The molecule has 11 heteroatoms. The van der Waals surface area contributed by atoms with Crippen LogP contribution in [0.4, 0.5) is 9.80 Å². The molecule has 0 radical (unpaired) electrons. The fraction of sp³-hybridized carbons (Fsp3) is 0.370. The molecule has 1 aromatic carbocycles. The number of rotatable bonds is 8. The first kappa shape index (κ1) is 24.4. The number of carbonyl (C=O) groups excluding carboxylic acids is 1. The molecule has 2 aliphatic heterocycles. The lowest BCUT2D eigenvalue weighted by molar-refractivity contribution is 0.140. The van der Waals surface area contributed by atoms with E-state index in [1.54, 1.807) is 4.68 Å². The summed E-state index contributed by atoms with van der Waals surface area (Å²) in [6, 6.07) is 11.8. The van der Waals surface area contributed by atoms with Gasteiger partial charge in [-0.05, 0) is 36.0 Å². The number of amides is 1. The van der Waals surface area contributed by atoms with E-state index in [1.807, 2.05) is 56.0 Å². The maximum absolute atomic E-state index is 12.2. The first-order valence-corrected chi connectivity index (χ1v) is 13.7. The minimum atomic E-state index is -0.447. The number of ether oxygens (including phenoxy) is 1. The monoisotopic (exact) mass is 530 g/mol. The molecule has 4 heterocycles. The molecule has 10 nitrogen and oxygen atoms in total. The summed E-state index contributed by atoms with van der Waals surface area (Å²) in [6.07, 6.45) is 9.74. The van der Waals surface area contributed by atoms with Crippen molar-refractivity contribution < 1.29 is 9.53 Å². The van der Waals surface area contributed by atoms with Crippen LogP contribution in [0, 0.1) is 0 Å². The zero-order chi connectivity index (χ0) is 25.9. The lowest BCUT2D eigenvalue weighted by atomic mass is 9.83. The fourth-order valence-corrected chi connectivity index (χ4v) is 5.45. The van der Waals surface area contributed by atoms with Crippen LogP contribution in [0.5, 0.6) is 0 Å². The Morgan fingerprint density at radius 2 is 2.11 bits per heavy atom. The SMILES string of the molecule is Cn1cc(C2CN=C3C(Nc4cc(C5CCC5)ns4)=NC(CCNC(=O)OCc4ccccc4)=CN32)cn1. The molecule has 3 aromatic rings. The van der Waals surface area contributed by atoms with Gasteiger partial charge < -0.3 is 20.3 Å². The molecule has 3 aliphatic rings. The molecule has 1 unspecified atom stereocenters. The topological polar surface area (TPSA) is 109 Å². The molecule has 0 saturated heterocycles. The molecule has 196 valence electrons. The van der Waals surface area contributed by atoms with E-state index in [9.17, 15) is 4.79 Å². The van der Waals surface area contributed by atoms with Crippen LogP contribution in [0.2, 0.25) is 0 Å². The summed E-state index contributed by atoms with van der Waals surface area (Å²) in [4.78, 5) is 24.1. The van der Waals surface area contributed by atoms with Gasteiger partial charge in [0.1, 0.15) is 11.6 Å². The van der Waals surface area contributed by atoms with Gasteiger partial charge in [0.2, 0.25) is 0 Å². The second-order valence-electron chi connectivity index (χ2n) is 9.72. The molecule has 6 rings (SSSR count). The highest BCUT2D eigenvalue weighted by Gasteiger charge is 2.34. The van der Waals surface area contributed by atoms with Crippen LogP contribution >= 0.6 is 11.5 Å². The Kier molecular flexibility index (Phi) is 6.91. The number of hydrogen-bond acceptors (Lipinski definition) is 9. The van der Waals surface area contributed by atoms with Crippen LogP contribution in [0.15, 0.2) is 70.7 Å². The highest BCUT2D eigenvalue weighted by Crippen LogP contribution is 2.38. The van der Waals surface area contributed by atoms with Gasteiger partial charge in [-0.3, -0.25) is 9.67 Å². The molecular weight excluding hydrogens is 500 g/mol. The van der Waals surface area contributed by atoms with Crippen LogP contribution < -0.4 is 10.6 Å². The first-order chi connectivity index (χ1) is 18.6. The highest BCUT2D eigenvalue weighted by molar-refractivity contribution is 7.10. The van der Waals surface area contributed by atoms with E-state index in [-0.39, 0.29) is 12.6 Å². The van der Waals surface area contributed by atoms with E-state index in [2.05, 4.69) is 31.1 Å². The number of alkyl carbamates (subject to hydrolysis) is 1. The third kappa shape index (κ3) is 5.33. The Balaban J connectivity index is 1.14. The Morgan fingerprint density at radius 1 is 1.24 bits per heavy atom. The Bertz CT molecular complexity index is 1390. The summed E-state index contributed by atoms with van der Waals surface area (Å²) in [5.74, 6) is 2.08. The van der Waals surface area contributed by atoms with Crippen molar-refractivity contribution >= 4 is 34.3 Å². The zero-order valence-corrected chi connectivity index (χ0v) is 22.0. The third-order valence-corrected chi connectivity index (χ3v) is 7.73. The van der Waals surface area contributed by atoms with Gasteiger partial charge in [-0.25, -0.2) is 9.79 Å². The summed E-state index contributed by atoms with van der Waals surface area (Å²) in [5, 5.41) is 11.6. The molecule has 1 fully saturated rings. The zero-order valence-electron chi connectivity index (χ0n) is 21.2. The molecule has 0 spiro atoms. The number of carbonyl (C=O) groups is 1. The fourth-order valence-electron chi connectivity index (χ4n) is 4.73. The van der Waals surface area contributed by atoms with Crippen molar-refractivity contribution in [2.45, 2.75) is 44.2 Å². The predicted octanol–water partition coefficient (Wildman–Crippen LogP) is 4.58. The average Bonchev–Trinajstić information content (AvgIpc) is 3.63. The standard InChI is InChI=1S/C27H30N8O2S/c1-34-15-20(13-30-34)23-14-29-26-25(32-24-12-22(33-38-24)19-8-5-9-19)31-21(16-35(23)26)10-11-28-27(36)37-17-18-6-3-2-4-7-18/h2-4,6-7,12-13,15-16,19,23H,5,8-11,14,17H2,1H3,(H,28,36)(H,31,32). The number of fused-ring (bicyclic) bond motifs is 1. The molecule has 38 heavy (non-hydrogen) atoms. The lowest BCUT2D eigenvalue weighted by Gasteiger charge is -2.28. The van der Waals surface area contributed by atoms with Crippen molar-refractivity contribution in [2.75, 3.05) is 18.4 Å².